The summed E-state index contributed by atoms with van der Waals surface area (Å²) in [6, 6.07) is 22.1. The number of benzene rings is 2. The van der Waals surface area contributed by atoms with Crippen LogP contribution in [0.5, 0.6) is 0 Å². The van der Waals surface area contributed by atoms with E-state index in [0.29, 0.717) is 5.92 Å². The molecule has 0 atom stereocenters. The second-order valence-corrected chi connectivity index (χ2v) is 6.89. The minimum absolute atomic E-state index is 0.519. The molecule has 0 spiro atoms. The van der Waals surface area contributed by atoms with Crippen molar-refractivity contribution in [1.82, 2.24) is 10.4 Å². The first-order valence-electron chi connectivity index (χ1n) is 9.47. The van der Waals surface area contributed by atoms with E-state index in [1.807, 2.05) is 0 Å². The molecule has 24 heavy (non-hydrogen) atoms. The maximum atomic E-state index is 3.59. The van der Waals surface area contributed by atoms with Crippen LogP contribution in [0.15, 0.2) is 60.7 Å². The Morgan fingerprint density at radius 1 is 0.917 bits per heavy atom. The van der Waals surface area contributed by atoms with Gasteiger partial charge in [-0.1, -0.05) is 74.0 Å². The van der Waals surface area contributed by atoms with Gasteiger partial charge in [-0.15, -0.1) is 0 Å². The van der Waals surface area contributed by atoms with E-state index < -0.39 is 0 Å². The van der Waals surface area contributed by atoms with E-state index in [1.54, 1.807) is 0 Å². The number of unbranched alkanes of at least 4 members (excludes halogenated alkanes) is 1. The van der Waals surface area contributed by atoms with Crippen LogP contribution in [0.25, 0.3) is 0 Å². The second kappa shape index (κ2) is 9.00. The lowest BCUT2D eigenvalue weighted by atomic mass is 9.76. The van der Waals surface area contributed by atoms with Gasteiger partial charge in [0.15, 0.2) is 0 Å². The second-order valence-electron chi connectivity index (χ2n) is 6.89. The van der Waals surface area contributed by atoms with Gasteiger partial charge in [-0.25, -0.2) is 5.01 Å². The SMILES string of the molecule is CCCCNN1CCC(C(c2ccccc2)c2ccccc2)CC1. The van der Waals surface area contributed by atoms with Gasteiger partial charge >= 0.3 is 0 Å². The molecule has 0 aliphatic carbocycles. The van der Waals surface area contributed by atoms with Crippen molar-refractivity contribution < 1.29 is 0 Å². The van der Waals surface area contributed by atoms with Gasteiger partial charge in [0.05, 0.1) is 0 Å². The van der Waals surface area contributed by atoms with Crippen molar-refractivity contribution in [3.8, 4) is 0 Å². The number of piperidine rings is 1. The zero-order valence-electron chi connectivity index (χ0n) is 14.8. The molecule has 1 N–H and O–H groups in total. The fourth-order valence-electron chi connectivity index (χ4n) is 3.86. The molecule has 2 aromatic carbocycles. The quantitative estimate of drug-likeness (QED) is 0.734. The summed E-state index contributed by atoms with van der Waals surface area (Å²) in [7, 11) is 0. The van der Waals surface area contributed by atoms with Gasteiger partial charge in [0.2, 0.25) is 0 Å². The molecule has 0 aromatic heterocycles. The minimum Gasteiger partial charge on any atom is -0.255 e. The molecule has 1 aliphatic heterocycles. The van der Waals surface area contributed by atoms with Crippen LogP contribution in [0.4, 0.5) is 0 Å². The lowest BCUT2D eigenvalue weighted by Gasteiger charge is -2.36. The number of nitrogens with one attached hydrogen (secondary N) is 1. The van der Waals surface area contributed by atoms with Crippen LogP contribution in [-0.2, 0) is 0 Å². The largest absolute Gasteiger partial charge is 0.255 e. The third-order valence-electron chi connectivity index (χ3n) is 5.19. The van der Waals surface area contributed by atoms with E-state index in [9.17, 15) is 0 Å². The highest BCUT2D eigenvalue weighted by atomic mass is 15.5. The topological polar surface area (TPSA) is 15.3 Å². The molecule has 0 radical (unpaired) electrons. The molecular formula is C22H30N2. The molecule has 2 heteroatoms. The summed E-state index contributed by atoms with van der Waals surface area (Å²) in [6.45, 7) is 5.68. The zero-order chi connectivity index (χ0) is 16.6. The highest BCUT2D eigenvalue weighted by Crippen LogP contribution is 2.37. The predicted molar refractivity (Wildman–Crippen MR) is 102 cm³/mol. The molecule has 0 amide bonds. The van der Waals surface area contributed by atoms with Gasteiger partial charge in [0.25, 0.3) is 0 Å². The van der Waals surface area contributed by atoms with E-state index in [-0.39, 0.29) is 0 Å². The number of nitrogens with zero attached hydrogens (tertiary/aromatic N) is 1. The smallest absolute Gasteiger partial charge is 0.0133 e. The standard InChI is InChI=1S/C22H30N2/c1-2-3-16-23-24-17-14-21(15-18-24)22(19-10-6-4-7-11-19)20-12-8-5-9-13-20/h4-13,21-23H,2-3,14-18H2,1H3. The van der Waals surface area contributed by atoms with Crippen LogP contribution >= 0.6 is 0 Å². The lowest BCUT2D eigenvalue weighted by molar-refractivity contribution is 0.118. The maximum absolute atomic E-state index is 3.59. The molecule has 1 heterocycles. The third-order valence-corrected chi connectivity index (χ3v) is 5.19. The molecule has 0 unspecified atom stereocenters. The summed E-state index contributed by atoms with van der Waals surface area (Å²) in [6.07, 6.45) is 5.03. The van der Waals surface area contributed by atoms with E-state index in [4.69, 9.17) is 0 Å². The molecule has 0 bridgehead atoms. The summed E-state index contributed by atoms with van der Waals surface area (Å²) in [5.74, 6) is 1.24. The van der Waals surface area contributed by atoms with Crippen molar-refractivity contribution in [2.45, 2.75) is 38.5 Å². The Labute approximate surface area is 146 Å². The van der Waals surface area contributed by atoms with E-state index in [2.05, 4.69) is 78.0 Å². The Bertz CT molecular complexity index is 534. The minimum atomic E-state index is 0.519. The van der Waals surface area contributed by atoms with Crippen LogP contribution in [0, 0.1) is 5.92 Å². The highest BCUT2D eigenvalue weighted by Gasteiger charge is 2.28. The summed E-state index contributed by atoms with van der Waals surface area (Å²) < 4.78 is 0. The molecule has 2 aromatic rings. The van der Waals surface area contributed by atoms with Gasteiger partial charge in [0, 0.05) is 25.6 Å². The first-order valence-corrected chi connectivity index (χ1v) is 9.47. The monoisotopic (exact) mass is 322 g/mol. The summed E-state index contributed by atoms with van der Waals surface area (Å²) in [5, 5.41) is 2.43. The zero-order valence-corrected chi connectivity index (χ0v) is 14.8. The van der Waals surface area contributed by atoms with Gasteiger partial charge < -0.3 is 0 Å². The van der Waals surface area contributed by atoms with Gasteiger partial charge in [-0.3, -0.25) is 5.43 Å². The molecular weight excluding hydrogens is 292 g/mol. The number of hydrazine groups is 1. The predicted octanol–water partition coefficient (Wildman–Crippen LogP) is 4.84. The van der Waals surface area contributed by atoms with Crippen LogP contribution in [0.1, 0.15) is 49.7 Å². The Kier molecular flexibility index (Phi) is 6.45. The first kappa shape index (κ1) is 17.2. The number of hydrogen-bond acceptors (Lipinski definition) is 2. The first-order chi connectivity index (χ1) is 11.9. The fourth-order valence-corrected chi connectivity index (χ4v) is 3.86. The van der Waals surface area contributed by atoms with Crippen molar-refractivity contribution >= 4 is 0 Å². The summed E-state index contributed by atoms with van der Waals surface area (Å²) >= 11 is 0. The number of rotatable bonds is 7. The van der Waals surface area contributed by atoms with E-state index in [0.717, 1.165) is 25.6 Å². The maximum Gasteiger partial charge on any atom is 0.0133 e. The average molecular weight is 322 g/mol. The molecule has 0 saturated carbocycles. The van der Waals surface area contributed by atoms with Gasteiger partial charge in [0.1, 0.15) is 0 Å². The van der Waals surface area contributed by atoms with Crippen molar-refractivity contribution in [1.29, 1.82) is 0 Å². The van der Waals surface area contributed by atoms with E-state index in [1.165, 1.54) is 36.8 Å². The van der Waals surface area contributed by atoms with Gasteiger partial charge in [-0.05, 0) is 36.3 Å². The van der Waals surface area contributed by atoms with Crippen LogP contribution in [-0.4, -0.2) is 24.6 Å². The Morgan fingerprint density at radius 3 is 1.96 bits per heavy atom. The van der Waals surface area contributed by atoms with Crippen molar-refractivity contribution in [3.63, 3.8) is 0 Å². The molecule has 1 aliphatic rings. The van der Waals surface area contributed by atoms with Crippen LogP contribution in [0.2, 0.25) is 0 Å². The Hall–Kier alpha value is -1.64. The summed E-state index contributed by atoms with van der Waals surface area (Å²) in [5.41, 5.74) is 6.51. The fraction of sp³-hybridized carbons (Fsp3) is 0.455. The third kappa shape index (κ3) is 4.46. The molecule has 2 nitrogen and oxygen atoms in total. The number of hydrogen-bond donors (Lipinski definition) is 1. The molecule has 1 fully saturated rings. The highest BCUT2D eigenvalue weighted by molar-refractivity contribution is 5.33. The van der Waals surface area contributed by atoms with E-state index >= 15 is 0 Å². The van der Waals surface area contributed by atoms with Crippen molar-refractivity contribution in [3.05, 3.63) is 71.8 Å². The average Bonchev–Trinajstić information content (AvgIpc) is 2.65. The van der Waals surface area contributed by atoms with Crippen molar-refractivity contribution in [2.24, 2.45) is 5.92 Å². The molecule has 3 rings (SSSR count). The molecule has 1 saturated heterocycles. The van der Waals surface area contributed by atoms with Crippen LogP contribution in [0.3, 0.4) is 0 Å². The normalized spacial score (nSPS) is 16.6. The Balaban J connectivity index is 1.69. The van der Waals surface area contributed by atoms with Crippen molar-refractivity contribution in [2.75, 3.05) is 19.6 Å². The Morgan fingerprint density at radius 2 is 1.46 bits per heavy atom. The summed E-state index contributed by atoms with van der Waals surface area (Å²) in [4.78, 5) is 0. The molecule has 128 valence electrons. The van der Waals surface area contributed by atoms with Gasteiger partial charge in [-0.2, -0.15) is 0 Å². The van der Waals surface area contributed by atoms with Crippen LogP contribution < -0.4 is 5.43 Å². The lowest BCUT2D eigenvalue weighted by Crippen LogP contribution is -2.44.